The van der Waals surface area contributed by atoms with Gasteiger partial charge in [0.2, 0.25) is 24.4 Å². The van der Waals surface area contributed by atoms with Crippen LogP contribution in [-0.2, 0) is 18.3 Å². The highest BCUT2D eigenvalue weighted by Crippen LogP contribution is 2.37. The number of fused-ring (bicyclic) bond motifs is 1. The summed E-state index contributed by atoms with van der Waals surface area (Å²) in [6.45, 7) is 4.75. The van der Waals surface area contributed by atoms with Crippen molar-refractivity contribution in [2.45, 2.75) is 76.6 Å². The summed E-state index contributed by atoms with van der Waals surface area (Å²) in [5.41, 5.74) is 3.19. The van der Waals surface area contributed by atoms with Gasteiger partial charge >= 0.3 is 0 Å². The van der Waals surface area contributed by atoms with Crippen LogP contribution in [0.2, 0.25) is 0 Å². The molecule has 9 heteroatoms. The normalized spacial score (nSPS) is 28.4. The van der Waals surface area contributed by atoms with Gasteiger partial charge in [0, 0.05) is 38.4 Å². The average molecular weight is 491 g/mol. The zero-order chi connectivity index (χ0) is 24.7. The standard InChI is InChI=1S/C26H37F2N5O2/c1-18-13-20(5-10-31(18)16-19-3-8-26(27,28)9-4-19)14-21-6-12-33-22(15-21)23(17-30(33)2)32-11-7-24(34)29-25(32)35/h6,12,15,17-20,25,35H,3-5,7-11,13-14,16H2,1-2H3/p+1/t18-,20-,25?/m0/s1. The molecule has 3 aliphatic rings. The topological polar surface area (TPSA) is 64.1 Å². The zero-order valence-electron chi connectivity index (χ0n) is 20.8. The molecule has 5 rings (SSSR count). The van der Waals surface area contributed by atoms with E-state index < -0.39 is 12.3 Å². The van der Waals surface area contributed by atoms with Gasteiger partial charge in [-0.2, -0.15) is 0 Å². The number of rotatable bonds is 5. The maximum atomic E-state index is 13.5. The Labute approximate surface area is 205 Å². The summed E-state index contributed by atoms with van der Waals surface area (Å²) < 4.78 is 31.1. The molecular formula is C26H38F2N5O2+. The summed E-state index contributed by atoms with van der Waals surface area (Å²) in [7, 11) is 1.97. The second-order valence-electron chi connectivity index (χ2n) is 11.0. The van der Waals surface area contributed by atoms with Crippen molar-refractivity contribution in [2.24, 2.45) is 18.9 Å². The average Bonchev–Trinajstić information content (AvgIpc) is 3.12. The van der Waals surface area contributed by atoms with E-state index in [1.165, 1.54) is 5.56 Å². The van der Waals surface area contributed by atoms with Crippen LogP contribution in [0.1, 0.15) is 57.4 Å². The van der Waals surface area contributed by atoms with Gasteiger partial charge in [-0.05, 0) is 75.1 Å². The van der Waals surface area contributed by atoms with Gasteiger partial charge in [0.05, 0.1) is 6.20 Å². The summed E-state index contributed by atoms with van der Waals surface area (Å²) in [6.07, 6.45) is 8.02. The zero-order valence-corrected chi connectivity index (χ0v) is 20.8. The first-order valence-electron chi connectivity index (χ1n) is 13.0. The number of carbonyl (C=O) groups excluding carboxylic acids is 1. The Morgan fingerprint density at radius 2 is 1.97 bits per heavy atom. The molecule has 0 radical (unpaired) electrons. The van der Waals surface area contributed by atoms with Crippen LogP contribution in [0.4, 0.5) is 14.5 Å². The third-order valence-corrected chi connectivity index (χ3v) is 8.36. The number of aliphatic hydroxyl groups excluding tert-OH is 1. The lowest BCUT2D eigenvalue weighted by atomic mass is 9.83. The number of pyridine rings is 1. The second-order valence-corrected chi connectivity index (χ2v) is 11.0. The van der Waals surface area contributed by atoms with E-state index >= 15 is 0 Å². The van der Waals surface area contributed by atoms with Gasteiger partial charge in [-0.3, -0.25) is 4.79 Å². The molecule has 2 saturated heterocycles. The van der Waals surface area contributed by atoms with E-state index in [1.807, 2.05) is 22.8 Å². The Morgan fingerprint density at radius 3 is 2.69 bits per heavy atom. The van der Waals surface area contributed by atoms with Gasteiger partial charge in [0.1, 0.15) is 11.2 Å². The third-order valence-electron chi connectivity index (χ3n) is 8.36. The van der Waals surface area contributed by atoms with E-state index in [9.17, 15) is 18.7 Å². The Morgan fingerprint density at radius 1 is 1.20 bits per heavy atom. The number of piperidine rings is 1. The molecule has 1 amide bonds. The number of halogens is 2. The largest absolute Gasteiger partial charge is 0.356 e. The lowest BCUT2D eigenvalue weighted by molar-refractivity contribution is -0.737. The first-order chi connectivity index (χ1) is 16.7. The van der Waals surface area contributed by atoms with Gasteiger partial charge in [-0.15, -0.1) is 9.20 Å². The molecule has 4 heterocycles. The van der Waals surface area contributed by atoms with Crippen LogP contribution in [0.25, 0.3) is 5.52 Å². The third kappa shape index (κ3) is 5.31. The van der Waals surface area contributed by atoms with Crippen molar-refractivity contribution in [3.63, 3.8) is 0 Å². The minimum absolute atomic E-state index is 0.0469. The molecule has 1 saturated carbocycles. The number of likely N-dealkylation sites (tertiary alicyclic amines) is 1. The van der Waals surface area contributed by atoms with Gasteiger partial charge < -0.3 is 20.2 Å². The Bertz CT molecular complexity index is 1060. The van der Waals surface area contributed by atoms with E-state index in [2.05, 4.69) is 40.0 Å². The molecular weight excluding hydrogens is 452 g/mol. The van der Waals surface area contributed by atoms with Crippen LogP contribution in [0, 0.1) is 11.8 Å². The van der Waals surface area contributed by atoms with Crippen LogP contribution in [0.3, 0.4) is 0 Å². The van der Waals surface area contributed by atoms with Crippen molar-refractivity contribution in [1.29, 1.82) is 0 Å². The maximum Gasteiger partial charge on any atom is 0.248 e. The smallest absolute Gasteiger partial charge is 0.248 e. The molecule has 1 unspecified atom stereocenters. The molecule has 3 fully saturated rings. The molecule has 192 valence electrons. The fraction of sp³-hybridized carbons (Fsp3) is 0.692. The van der Waals surface area contributed by atoms with Crippen LogP contribution in [0.5, 0.6) is 0 Å². The predicted octanol–water partition coefficient (Wildman–Crippen LogP) is 2.83. The highest BCUT2D eigenvalue weighted by Gasteiger charge is 2.36. The van der Waals surface area contributed by atoms with Gasteiger partial charge in [-0.25, -0.2) is 8.78 Å². The van der Waals surface area contributed by atoms with Crippen LogP contribution < -0.4 is 14.9 Å². The molecule has 0 spiro atoms. The van der Waals surface area contributed by atoms with E-state index in [-0.39, 0.29) is 18.7 Å². The highest BCUT2D eigenvalue weighted by molar-refractivity contribution is 5.80. The number of aryl methyl sites for hydroxylation is 1. The number of amides is 1. The van der Waals surface area contributed by atoms with Gasteiger partial charge in [0.15, 0.2) is 7.05 Å². The number of nitrogens with one attached hydrogen (secondary N) is 1. The Balaban J connectivity index is 1.23. The lowest BCUT2D eigenvalue weighted by Gasteiger charge is -2.41. The fourth-order valence-corrected chi connectivity index (χ4v) is 6.27. The van der Waals surface area contributed by atoms with E-state index in [1.54, 1.807) is 0 Å². The molecule has 2 aliphatic heterocycles. The van der Waals surface area contributed by atoms with E-state index in [0.717, 1.165) is 43.6 Å². The Kier molecular flexibility index (Phi) is 6.74. The molecule has 0 bridgehead atoms. The molecule has 35 heavy (non-hydrogen) atoms. The van der Waals surface area contributed by atoms with Crippen molar-refractivity contribution >= 4 is 17.1 Å². The van der Waals surface area contributed by atoms with Crippen LogP contribution in [-0.4, -0.2) is 58.4 Å². The number of anilines is 1. The molecule has 0 aromatic carbocycles. The minimum atomic E-state index is -2.45. The van der Waals surface area contributed by atoms with Crippen LogP contribution >= 0.6 is 0 Å². The first kappa shape index (κ1) is 24.4. The van der Waals surface area contributed by atoms with Crippen LogP contribution in [0.15, 0.2) is 24.5 Å². The number of aromatic nitrogens is 2. The molecule has 7 nitrogen and oxygen atoms in total. The summed E-state index contributed by atoms with van der Waals surface area (Å²) in [6, 6.07) is 4.84. The highest BCUT2D eigenvalue weighted by atomic mass is 19.3. The van der Waals surface area contributed by atoms with E-state index in [4.69, 9.17) is 0 Å². The van der Waals surface area contributed by atoms with Gasteiger partial charge in [0.25, 0.3) is 0 Å². The molecule has 2 aromatic heterocycles. The monoisotopic (exact) mass is 490 g/mol. The molecule has 1 aliphatic carbocycles. The van der Waals surface area contributed by atoms with Crippen molar-refractivity contribution in [2.75, 3.05) is 24.5 Å². The molecule has 2 N–H and O–H groups in total. The summed E-state index contributed by atoms with van der Waals surface area (Å²) >= 11 is 0. The Hall–Kier alpha value is -2.26. The maximum absolute atomic E-state index is 13.5. The summed E-state index contributed by atoms with van der Waals surface area (Å²) in [5, 5.41) is 13.0. The SMILES string of the molecule is C[C@H]1C[C@@H](Cc2ccn3c(c2)c(N2CCC(=O)NC2O)c[n+]3C)CCN1CC1CCC(F)(F)CC1. The summed E-state index contributed by atoms with van der Waals surface area (Å²) in [4.78, 5) is 16.0. The number of carbonyl (C=O) groups is 1. The van der Waals surface area contributed by atoms with Gasteiger partial charge in [-0.1, -0.05) is 0 Å². The predicted molar refractivity (Wildman–Crippen MR) is 129 cm³/mol. The molecule has 3 atom stereocenters. The minimum Gasteiger partial charge on any atom is -0.356 e. The fourth-order valence-electron chi connectivity index (χ4n) is 6.27. The number of nitrogens with zero attached hydrogens (tertiary/aromatic N) is 4. The lowest BCUT2D eigenvalue weighted by Crippen LogP contribution is -2.54. The van der Waals surface area contributed by atoms with Crippen molar-refractivity contribution in [3.05, 3.63) is 30.1 Å². The van der Waals surface area contributed by atoms with Crippen molar-refractivity contribution < 1.29 is 23.4 Å². The first-order valence-corrected chi connectivity index (χ1v) is 13.0. The van der Waals surface area contributed by atoms with Crippen molar-refractivity contribution in [1.82, 2.24) is 14.7 Å². The number of aliphatic hydroxyl groups is 1. The van der Waals surface area contributed by atoms with E-state index in [0.29, 0.717) is 43.7 Å². The number of alkyl halides is 2. The summed E-state index contributed by atoms with van der Waals surface area (Å²) in [5.74, 6) is -1.59. The number of hydrogen-bond donors (Lipinski definition) is 2. The molecule has 2 aromatic rings. The second kappa shape index (κ2) is 9.65. The van der Waals surface area contributed by atoms with Crippen molar-refractivity contribution in [3.8, 4) is 0 Å². The quantitative estimate of drug-likeness (QED) is 0.633. The number of hydrogen-bond acceptors (Lipinski definition) is 4.